The van der Waals surface area contributed by atoms with Crippen LogP contribution < -0.4 is 5.56 Å². The van der Waals surface area contributed by atoms with E-state index in [1.165, 1.54) is 18.2 Å². The first-order valence-corrected chi connectivity index (χ1v) is 6.42. The van der Waals surface area contributed by atoms with Crippen molar-refractivity contribution in [3.63, 3.8) is 0 Å². The van der Waals surface area contributed by atoms with E-state index in [2.05, 4.69) is 9.97 Å². The molecule has 0 saturated heterocycles. The molecule has 0 spiro atoms. The molecule has 0 radical (unpaired) electrons. The molecule has 0 saturated carbocycles. The number of nitrogens with one attached hydrogen (secondary N) is 1. The van der Waals surface area contributed by atoms with E-state index >= 15 is 0 Å². The number of rotatable bonds is 2. The first-order chi connectivity index (χ1) is 9.61. The molecule has 0 aliphatic rings. The summed E-state index contributed by atoms with van der Waals surface area (Å²) in [5.41, 5.74) is 1.08. The summed E-state index contributed by atoms with van der Waals surface area (Å²) in [6, 6.07) is 11.3. The molecule has 20 heavy (non-hydrogen) atoms. The summed E-state index contributed by atoms with van der Waals surface area (Å²) in [7, 11) is 0. The lowest BCUT2D eigenvalue weighted by Crippen LogP contribution is -2.12. The molecule has 0 bridgehead atoms. The van der Waals surface area contributed by atoms with Gasteiger partial charge < -0.3 is 4.98 Å². The molecule has 3 nitrogen and oxygen atoms in total. The minimum absolute atomic E-state index is 0.250. The molecule has 0 amide bonds. The van der Waals surface area contributed by atoms with Crippen molar-refractivity contribution in [2.75, 3.05) is 0 Å². The van der Waals surface area contributed by atoms with Crippen molar-refractivity contribution in [2.24, 2.45) is 0 Å². The van der Waals surface area contributed by atoms with E-state index in [0.717, 1.165) is 5.56 Å². The Labute approximate surface area is 119 Å². The van der Waals surface area contributed by atoms with Crippen molar-refractivity contribution in [2.45, 2.75) is 6.42 Å². The fraction of sp³-hybridized carbons (Fsp3) is 0.0667. The van der Waals surface area contributed by atoms with E-state index < -0.39 is 5.82 Å². The SMILES string of the molecule is O=c1[nH]c(Cc2cccc(Cl)c2)nc2ccc(F)cc12. The van der Waals surface area contributed by atoms with Gasteiger partial charge in [0.15, 0.2) is 0 Å². The van der Waals surface area contributed by atoms with Crippen LogP contribution in [0.3, 0.4) is 0 Å². The van der Waals surface area contributed by atoms with Gasteiger partial charge in [-0.05, 0) is 35.9 Å². The van der Waals surface area contributed by atoms with Gasteiger partial charge in [0.1, 0.15) is 11.6 Å². The summed E-state index contributed by atoms with van der Waals surface area (Å²) < 4.78 is 13.1. The van der Waals surface area contributed by atoms with E-state index in [1.54, 1.807) is 6.07 Å². The van der Waals surface area contributed by atoms with Gasteiger partial charge >= 0.3 is 0 Å². The van der Waals surface area contributed by atoms with E-state index in [-0.39, 0.29) is 10.9 Å². The van der Waals surface area contributed by atoms with Crippen molar-refractivity contribution in [3.05, 3.63) is 75.0 Å². The zero-order valence-electron chi connectivity index (χ0n) is 10.4. The molecule has 3 aromatic rings. The Balaban J connectivity index is 2.05. The highest BCUT2D eigenvalue weighted by Gasteiger charge is 2.06. The average Bonchev–Trinajstić information content (AvgIpc) is 2.40. The number of aromatic amines is 1. The Bertz CT molecular complexity index is 845. The Morgan fingerprint density at radius 3 is 2.85 bits per heavy atom. The molecule has 1 heterocycles. The normalized spacial score (nSPS) is 10.9. The van der Waals surface area contributed by atoms with E-state index in [0.29, 0.717) is 22.8 Å². The topological polar surface area (TPSA) is 45.8 Å². The van der Waals surface area contributed by atoms with Crippen LogP contribution in [0.25, 0.3) is 10.9 Å². The second kappa shape index (κ2) is 5.06. The molecular weight excluding hydrogens is 279 g/mol. The summed E-state index contributed by atoms with van der Waals surface area (Å²) in [6.45, 7) is 0. The predicted molar refractivity (Wildman–Crippen MR) is 76.6 cm³/mol. The second-order valence-electron chi connectivity index (χ2n) is 4.48. The lowest BCUT2D eigenvalue weighted by Gasteiger charge is -2.04. The molecule has 0 fully saturated rings. The maximum atomic E-state index is 13.1. The van der Waals surface area contributed by atoms with Crippen LogP contribution in [-0.2, 0) is 6.42 Å². The van der Waals surface area contributed by atoms with Crippen LogP contribution >= 0.6 is 11.6 Å². The number of halogens is 2. The quantitative estimate of drug-likeness (QED) is 0.786. The fourth-order valence-electron chi connectivity index (χ4n) is 2.08. The number of aromatic nitrogens is 2. The van der Waals surface area contributed by atoms with Gasteiger partial charge in [-0.15, -0.1) is 0 Å². The number of fused-ring (bicyclic) bond motifs is 1. The average molecular weight is 289 g/mol. The number of benzene rings is 2. The zero-order chi connectivity index (χ0) is 14.1. The summed E-state index contributed by atoms with van der Waals surface area (Å²) in [4.78, 5) is 18.9. The molecule has 0 unspecified atom stereocenters. The molecule has 3 rings (SSSR count). The fourth-order valence-corrected chi connectivity index (χ4v) is 2.30. The highest BCUT2D eigenvalue weighted by molar-refractivity contribution is 6.30. The third kappa shape index (κ3) is 2.56. The Morgan fingerprint density at radius 2 is 2.05 bits per heavy atom. The van der Waals surface area contributed by atoms with Gasteiger partial charge in [0, 0.05) is 11.4 Å². The maximum absolute atomic E-state index is 13.1. The summed E-state index contributed by atoms with van der Waals surface area (Å²) in [5.74, 6) is 0.0729. The zero-order valence-corrected chi connectivity index (χ0v) is 11.1. The van der Waals surface area contributed by atoms with Crippen molar-refractivity contribution >= 4 is 22.5 Å². The second-order valence-corrected chi connectivity index (χ2v) is 4.92. The molecule has 0 aliphatic heterocycles. The van der Waals surface area contributed by atoms with E-state index in [1.807, 2.05) is 18.2 Å². The molecule has 5 heteroatoms. The van der Waals surface area contributed by atoms with Gasteiger partial charge in [-0.25, -0.2) is 9.37 Å². The number of H-pyrrole nitrogens is 1. The van der Waals surface area contributed by atoms with Gasteiger partial charge in [-0.2, -0.15) is 0 Å². The Kier molecular flexibility index (Phi) is 3.24. The van der Waals surface area contributed by atoms with Crippen molar-refractivity contribution in [1.29, 1.82) is 0 Å². The third-order valence-electron chi connectivity index (χ3n) is 2.98. The number of hydrogen-bond acceptors (Lipinski definition) is 2. The molecule has 2 aromatic carbocycles. The minimum atomic E-state index is -0.451. The predicted octanol–water partition coefficient (Wildman–Crippen LogP) is 3.31. The van der Waals surface area contributed by atoms with Crippen LogP contribution in [0, 0.1) is 5.82 Å². The third-order valence-corrected chi connectivity index (χ3v) is 3.21. The van der Waals surface area contributed by atoms with E-state index in [9.17, 15) is 9.18 Å². The molecule has 100 valence electrons. The first-order valence-electron chi connectivity index (χ1n) is 6.05. The Morgan fingerprint density at radius 1 is 1.20 bits per heavy atom. The summed E-state index contributed by atoms with van der Waals surface area (Å²) >= 11 is 5.92. The van der Waals surface area contributed by atoms with Gasteiger partial charge in [0.25, 0.3) is 5.56 Å². The highest BCUT2D eigenvalue weighted by Crippen LogP contribution is 2.14. The molecule has 0 aliphatic carbocycles. The highest BCUT2D eigenvalue weighted by atomic mass is 35.5. The van der Waals surface area contributed by atoms with Crippen molar-refractivity contribution in [1.82, 2.24) is 9.97 Å². The summed E-state index contributed by atoms with van der Waals surface area (Å²) in [5, 5.41) is 0.882. The Hall–Kier alpha value is -2.20. The largest absolute Gasteiger partial charge is 0.310 e. The molecule has 1 aromatic heterocycles. The summed E-state index contributed by atoms with van der Waals surface area (Å²) in [6.07, 6.45) is 0.461. The van der Waals surface area contributed by atoms with Crippen molar-refractivity contribution in [3.8, 4) is 0 Å². The standard InChI is InChI=1S/C15H10ClFN2O/c16-10-3-1-2-9(6-10)7-14-18-13-5-4-11(17)8-12(13)15(20)19-14/h1-6,8H,7H2,(H,18,19,20). The van der Waals surface area contributed by atoms with Gasteiger partial charge in [0.05, 0.1) is 10.9 Å². The van der Waals surface area contributed by atoms with Crippen LogP contribution in [0.15, 0.2) is 47.3 Å². The lowest BCUT2D eigenvalue weighted by molar-refractivity contribution is 0.629. The van der Waals surface area contributed by atoms with Crippen LogP contribution in [-0.4, -0.2) is 9.97 Å². The van der Waals surface area contributed by atoms with Crippen LogP contribution in [0.5, 0.6) is 0 Å². The first kappa shape index (κ1) is 12.8. The van der Waals surface area contributed by atoms with Crippen molar-refractivity contribution < 1.29 is 4.39 Å². The maximum Gasteiger partial charge on any atom is 0.258 e. The lowest BCUT2D eigenvalue weighted by atomic mass is 10.1. The van der Waals surface area contributed by atoms with E-state index in [4.69, 9.17) is 11.6 Å². The monoisotopic (exact) mass is 288 g/mol. The molecule has 1 N–H and O–H groups in total. The minimum Gasteiger partial charge on any atom is -0.310 e. The van der Waals surface area contributed by atoms with Crippen LogP contribution in [0.4, 0.5) is 4.39 Å². The molecular formula is C15H10ClFN2O. The van der Waals surface area contributed by atoms with Crippen LogP contribution in [0.1, 0.15) is 11.4 Å². The number of hydrogen-bond donors (Lipinski definition) is 1. The van der Waals surface area contributed by atoms with Gasteiger partial charge in [-0.1, -0.05) is 23.7 Å². The number of nitrogens with zero attached hydrogens (tertiary/aromatic N) is 1. The van der Waals surface area contributed by atoms with Crippen LogP contribution in [0.2, 0.25) is 5.02 Å². The smallest absolute Gasteiger partial charge is 0.258 e. The molecule has 0 atom stereocenters. The van der Waals surface area contributed by atoms with Gasteiger partial charge in [-0.3, -0.25) is 4.79 Å². The van der Waals surface area contributed by atoms with Gasteiger partial charge in [0.2, 0.25) is 0 Å².